The molecule has 2 unspecified atom stereocenters. The molecule has 0 heterocycles. The molecule has 0 aromatic heterocycles. The highest BCUT2D eigenvalue weighted by Crippen LogP contribution is 2.25. The average Bonchev–Trinajstić information content (AvgIpc) is 2.71. The molecule has 0 aromatic carbocycles. The predicted octanol–water partition coefficient (Wildman–Crippen LogP) is 2.47. The van der Waals surface area contributed by atoms with E-state index in [1.54, 1.807) is 7.11 Å². The molecule has 0 radical (unpaired) electrons. The summed E-state index contributed by atoms with van der Waals surface area (Å²) in [6, 6.07) is 2.73. The van der Waals surface area contributed by atoms with E-state index < -0.39 is 0 Å². The van der Waals surface area contributed by atoms with Crippen molar-refractivity contribution in [1.29, 1.82) is 5.26 Å². The molecule has 0 aromatic rings. The van der Waals surface area contributed by atoms with Gasteiger partial charge < -0.3 is 10.1 Å². The van der Waals surface area contributed by atoms with Crippen LogP contribution in [0.25, 0.3) is 0 Å². The van der Waals surface area contributed by atoms with E-state index in [9.17, 15) is 0 Å². The van der Waals surface area contributed by atoms with E-state index in [0.29, 0.717) is 18.6 Å². The summed E-state index contributed by atoms with van der Waals surface area (Å²) in [5, 5.41) is 12.2. The van der Waals surface area contributed by atoms with E-state index in [0.717, 1.165) is 13.0 Å². The van der Waals surface area contributed by atoms with Crippen molar-refractivity contribution in [2.75, 3.05) is 13.7 Å². The fourth-order valence-corrected chi connectivity index (χ4v) is 2.33. The zero-order valence-electron chi connectivity index (χ0n) is 10.8. The lowest BCUT2D eigenvalue weighted by Gasteiger charge is -2.28. The van der Waals surface area contributed by atoms with Crippen LogP contribution in [0.2, 0.25) is 0 Å². The normalized spacial score (nSPS) is 25.6. The van der Waals surface area contributed by atoms with Crippen molar-refractivity contribution in [2.45, 2.75) is 58.1 Å². The molecule has 0 amide bonds. The SMILES string of the molecule is COC1CCCC1NCC(C)(C)CCC#N. The first-order valence-electron chi connectivity index (χ1n) is 6.22. The third-order valence-corrected chi connectivity index (χ3v) is 3.51. The largest absolute Gasteiger partial charge is 0.380 e. The fourth-order valence-electron chi connectivity index (χ4n) is 2.33. The highest BCUT2D eigenvalue weighted by Gasteiger charge is 2.28. The number of nitrogens with zero attached hydrogens (tertiary/aromatic N) is 1. The Labute approximate surface area is 99.2 Å². The molecule has 1 rings (SSSR count). The lowest BCUT2D eigenvalue weighted by Crippen LogP contribution is -2.41. The van der Waals surface area contributed by atoms with Crippen LogP contribution in [0, 0.1) is 16.7 Å². The molecule has 3 heteroatoms. The maximum atomic E-state index is 8.60. The van der Waals surface area contributed by atoms with Gasteiger partial charge in [-0.05, 0) is 31.1 Å². The van der Waals surface area contributed by atoms with Crippen LogP contribution in [0.5, 0.6) is 0 Å². The Kier molecular flexibility index (Phi) is 5.24. The van der Waals surface area contributed by atoms with Crippen LogP contribution in [0.4, 0.5) is 0 Å². The van der Waals surface area contributed by atoms with Crippen molar-refractivity contribution < 1.29 is 4.74 Å². The van der Waals surface area contributed by atoms with Gasteiger partial charge in [0.1, 0.15) is 0 Å². The Morgan fingerprint density at radius 3 is 2.81 bits per heavy atom. The number of nitriles is 1. The Morgan fingerprint density at radius 2 is 2.19 bits per heavy atom. The summed E-state index contributed by atoms with van der Waals surface area (Å²) in [4.78, 5) is 0. The van der Waals surface area contributed by atoms with Crippen molar-refractivity contribution in [3.8, 4) is 6.07 Å². The minimum atomic E-state index is 0.205. The summed E-state index contributed by atoms with van der Waals surface area (Å²) >= 11 is 0. The summed E-state index contributed by atoms with van der Waals surface area (Å²) in [6.07, 6.45) is 5.63. The van der Waals surface area contributed by atoms with Gasteiger partial charge in [0.2, 0.25) is 0 Å². The molecule has 0 saturated heterocycles. The number of hydrogen-bond donors (Lipinski definition) is 1. The topological polar surface area (TPSA) is 45.0 Å². The van der Waals surface area contributed by atoms with Gasteiger partial charge in [-0.25, -0.2) is 0 Å². The number of hydrogen-bond acceptors (Lipinski definition) is 3. The molecule has 3 nitrogen and oxygen atoms in total. The molecular formula is C13H24N2O. The summed E-state index contributed by atoms with van der Waals surface area (Å²) in [5.41, 5.74) is 0.205. The van der Waals surface area contributed by atoms with Crippen molar-refractivity contribution >= 4 is 0 Å². The van der Waals surface area contributed by atoms with E-state index in [1.807, 2.05) is 0 Å². The molecule has 1 aliphatic rings. The van der Waals surface area contributed by atoms with E-state index in [-0.39, 0.29) is 5.41 Å². The maximum Gasteiger partial charge on any atom is 0.0724 e. The highest BCUT2D eigenvalue weighted by atomic mass is 16.5. The third-order valence-electron chi connectivity index (χ3n) is 3.51. The van der Waals surface area contributed by atoms with Crippen LogP contribution in [0.3, 0.4) is 0 Å². The summed E-state index contributed by atoms with van der Waals surface area (Å²) < 4.78 is 5.46. The second kappa shape index (κ2) is 6.22. The van der Waals surface area contributed by atoms with Crippen LogP contribution in [-0.4, -0.2) is 25.8 Å². The van der Waals surface area contributed by atoms with Gasteiger partial charge in [-0.2, -0.15) is 5.26 Å². The first-order chi connectivity index (χ1) is 7.59. The first kappa shape index (κ1) is 13.5. The zero-order valence-corrected chi connectivity index (χ0v) is 10.8. The molecule has 1 saturated carbocycles. The molecular weight excluding hydrogens is 200 g/mol. The van der Waals surface area contributed by atoms with Crippen LogP contribution < -0.4 is 5.32 Å². The second-order valence-electron chi connectivity index (χ2n) is 5.51. The quantitative estimate of drug-likeness (QED) is 0.754. The number of methoxy groups -OCH3 is 1. The van der Waals surface area contributed by atoms with E-state index in [2.05, 4.69) is 25.2 Å². The summed E-state index contributed by atoms with van der Waals surface area (Å²) in [6.45, 7) is 5.40. The van der Waals surface area contributed by atoms with Crippen LogP contribution in [-0.2, 0) is 4.74 Å². The summed E-state index contributed by atoms with van der Waals surface area (Å²) in [5.74, 6) is 0. The maximum absolute atomic E-state index is 8.60. The van der Waals surface area contributed by atoms with Gasteiger partial charge in [0, 0.05) is 26.1 Å². The van der Waals surface area contributed by atoms with Gasteiger partial charge >= 0.3 is 0 Å². The molecule has 0 spiro atoms. The van der Waals surface area contributed by atoms with Gasteiger partial charge in [-0.3, -0.25) is 0 Å². The van der Waals surface area contributed by atoms with Gasteiger partial charge in [-0.15, -0.1) is 0 Å². The summed E-state index contributed by atoms with van der Waals surface area (Å²) in [7, 11) is 1.80. The van der Waals surface area contributed by atoms with Crippen molar-refractivity contribution in [2.24, 2.45) is 5.41 Å². The van der Waals surface area contributed by atoms with Crippen molar-refractivity contribution in [1.82, 2.24) is 5.32 Å². The lowest BCUT2D eigenvalue weighted by molar-refractivity contribution is 0.0812. The Balaban J connectivity index is 2.30. The molecule has 92 valence electrons. The van der Waals surface area contributed by atoms with Crippen LogP contribution in [0.15, 0.2) is 0 Å². The van der Waals surface area contributed by atoms with Crippen LogP contribution >= 0.6 is 0 Å². The predicted molar refractivity (Wildman–Crippen MR) is 65.1 cm³/mol. The molecule has 16 heavy (non-hydrogen) atoms. The fraction of sp³-hybridized carbons (Fsp3) is 0.923. The van der Waals surface area contributed by atoms with E-state index in [4.69, 9.17) is 10.00 Å². The lowest BCUT2D eigenvalue weighted by atomic mass is 9.87. The number of nitrogens with one attached hydrogen (secondary N) is 1. The standard InChI is InChI=1S/C13H24N2O/c1-13(2,8-5-9-14)10-15-11-6-4-7-12(11)16-3/h11-12,15H,4-8,10H2,1-3H3. The van der Waals surface area contributed by atoms with E-state index >= 15 is 0 Å². The number of ether oxygens (including phenoxy) is 1. The minimum Gasteiger partial charge on any atom is -0.380 e. The molecule has 0 bridgehead atoms. The zero-order chi connectivity index (χ0) is 12.0. The Bertz CT molecular complexity index is 245. The molecule has 0 aliphatic heterocycles. The Hall–Kier alpha value is -0.590. The van der Waals surface area contributed by atoms with Crippen molar-refractivity contribution in [3.05, 3.63) is 0 Å². The highest BCUT2D eigenvalue weighted by molar-refractivity contribution is 4.86. The molecule has 1 aliphatic carbocycles. The van der Waals surface area contributed by atoms with Crippen LogP contribution in [0.1, 0.15) is 46.0 Å². The molecule has 1 fully saturated rings. The van der Waals surface area contributed by atoms with E-state index in [1.165, 1.54) is 19.3 Å². The first-order valence-corrected chi connectivity index (χ1v) is 6.22. The van der Waals surface area contributed by atoms with Gasteiger partial charge in [-0.1, -0.05) is 13.8 Å². The minimum absolute atomic E-state index is 0.205. The molecule has 1 N–H and O–H groups in total. The van der Waals surface area contributed by atoms with Gasteiger partial charge in [0.15, 0.2) is 0 Å². The third kappa shape index (κ3) is 4.11. The van der Waals surface area contributed by atoms with Gasteiger partial charge in [0.05, 0.1) is 12.2 Å². The average molecular weight is 224 g/mol. The second-order valence-corrected chi connectivity index (χ2v) is 5.51. The van der Waals surface area contributed by atoms with Gasteiger partial charge in [0.25, 0.3) is 0 Å². The Morgan fingerprint density at radius 1 is 1.44 bits per heavy atom. The number of rotatable bonds is 6. The van der Waals surface area contributed by atoms with Crippen molar-refractivity contribution in [3.63, 3.8) is 0 Å². The molecule has 2 atom stereocenters. The smallest absolute Gasteiger partial charge is 0.0724 e. The monoisotopic (exact) mass is 224 g/mol.